The Hall–Kier alpha value is -3.32. The second-order valence-corrected chi connectivity index (χ2v) is 5.96. The Bertz CT molecular complexity index is 945. The molecule has 0 aliphatic carbocycles. The molecule has 1 N–H and O–H groups in total. The number of carbonyl (C=O) groups excluding carboxylic acids is 3. The number of benzene rings is 2. The number of halogens is 3. The summed E-state index contributed by atoms with van der Waals surface area (Å²) in [5.41, 5.74) is 0.213. The smallest absolute Gasteiger partial charge is 0.321 e. The molecule has 1 amide bonds. The number of alkyl halides is 3. The molecule has 0 bridgehead atoms. The van der Waals surface area contributed by atoms with Crippen LogP contribution in [0.3, 0.4) is 0 Å². The van der Waals surface area contributed by atoms with Gasteiger partial charge in [-0.1, -0.05) is 18.2 Å². The topological polar surface area (TPSA) is 81.1 Å². The van der Waals surface area contributed by atoms with E-state index in [-0.39, 0.29) is 11.4 Å². The molecule has 1 atom stereocenters. The van der Waals surface area contributed by atoms with Gasteiger partial charge in [-0.25, -0.2) is 4.98 Å². The van der Waals surface area contributed by atoms with E-state index < -0.39 is 17.6 Å². The Kier molecular flexibility index (Phi) is 8.89. The first kappa shape index (κ1) is 23.7. The van der Waals surface area contributed by atoms with Crippen LogP contribution in [0.4, 0.5) is 18.9 Å². The van der Waals surface area contributed by atoms with Crippen LogP contribution in [0.1, 0.15) is 16.1 Å². The van der Waals surface area contributed by atoms with E-state index in [0.29, 0.717) is 11.0 Å². The first-order valence-electron chi connectivity index (χ1n) is 7.79. The van der Waals surface area contributed by atoms with E-state index in [2.05, 4.69) is 19.5 Å². The first-order valence-corrected chi connectivity index (χ1v) is 8.37. The van der Waals surface area contributed by atoms with Gasteiger partial charge in [0.1, 0.15) is 25.6 Å². The summed E-state index contributed by atoms with van der Waals surface area (Å²) < 4.78 is 40.2. The van der Waals surface area contributed by atoms with Crippen LogP contribution in [-0.2, 0) is 15.8 Å². The summed E-state index contributed by atoms with van der Waals surface area (Å²) in [6.45, 7) is 4.00. The van der Waals surface area contributed by atoms with Crippen LogP contribution in [0.5, 0.6) is 0 Å². The molecule has 1 aromatic heterocycles. The molecule has 1 unspecified atom stereocenters. The van der Waals surface area contributed by atoms with Gasteiger partial charge in [-0.15, -0.1) is 9.24 Å². The molecule has 3 rings (SSSR count). The Morgan fingerprint density at radius 1 is 1.03 bits per heavy atom. The quantitative estimate of drug-likeness (QED) is 0.656. The molecule has 0 spiro atoms. The van der Waals surface area contributed by atoms with E-state index in [1.165, 1.54) is 17.1 Å². The highest BCUT2D eigenvalue weighted by Crippen LogP contribution is 2.30. The largest absolute Gasteiger partial charge is 0.416 e. The van der Waals surface area contributed by atoms with E-state index in [1.807, 2.05) is 19.6 Å². The normalized spacial score (nSPS) is 10.1. The molecule has 0 aliphatic heterocycles. The molecule has 3 aromatic rings. The Morgan fingerprint density at radius 2 is 1.66 bits per heavy atom. The second kappa shape index (κ2) is 10.9. The molecule has 0 saturated carbocycles. The van der Waals surface area contributed by atoms with Crippen molar-refractivity contribution in [2.75, 3.05) is 5.32 Å². The van der Waals surface area contributed by atoms with Gasteiger partial charge in [-0.3, -0.25) is 4.79 Å². The molecule has 29 heavy (non-hydrogen) atoms. The van der Waals surface area contributed by atoms with Crippen LogP contribution >= 0.6 is 9.24 Å². The Morgan fingerprint density at radius 3 is 2.24 bits per heavy atom. The maximum Gasteiger partial charge on any atom is 0.416 e. The number of carbonyl (C=O) groups is 3. The summed E-state index contributed by atoms with van der Waals surface area (Å²) in [6.07, 6.45) is -1.76. The third-order valence-electron chi connectivity index (χ3n) is 3.41. The van der Waals surface area contributed by atoms with E-state index >= 15 is 0 Å². The van der Waals surface area contributed by atoms with Gasteiger partial charge in [0.15, 0.2) is 0 Å². The van der Waals surface area contributed by atoms with Crippen LogP contribution in [0.2, 0.25) is 0 Å². The lowest BCUT2D eigenvalue weighted by Crippen LogP contribution is -2.12. The van der Waals surface area contributed by atoms with Gasteiger partial charge < -0.3 is 19.5 Å². The van der Waals surface area contributed by atoms with Crippen LogP contribution in [0.25, 0.3) is 5.69 Å². The summed E-state index contributed by atoms with van der Waals surface area (Å²) >= 11 is 0. The fraction of sp³-hybridized carbons (Fsp3) is 0.0526. The van der Waals surface area contributed by atoms with Crippen LogP contribution < -0.4 is 10.6 Å². The Balaban J connectivity index is 0.000000989. The molecule has 0 radical (unpaired) electrons. The summed E-state index contributed by atoms with van der Waals surface area (Å²) in [7, 11) is 2.24. The van der Waals surface area contributed by atoms with E-state index in [4.69, 9.17) is 9.59 Å². The van der Waals surface area contributed by atoms with Gasteiger partial charge in [-0.05, 0) is 35.6 Å². The number of imidazole rings is 1. The molecule has 2 aromatic carbocycles. The molecular weight excluding hydrogens is 406 g/mol. The number of anilines is 1. The zero-order chi connectivity index (χ0) is 22.0. The summed E-state index contributed by atoms with van der Waals surface area (Å²) in [4.78, 5) is 32.2. The molecule has 1 heterocycles. The maximum absolute atomic E-state index is 12.9. The monoisotopic (exact) mass is 423 g/mol. The van der Waals surface area contributed by atoms with Crippen molar-refractivity contribution >= 4 is 39.7 Å². The van der Waals surface area contributed by atoms with Crippen molar-refractivity contribution in [2.45, 2.75) is 6.18 Å². The van der Waals surface area contributed by atoms with Gasteiger partial charge >= 0.3 is 6.18 Å². The summed E-state index contributed by atoms with van der Waals surface area (Å²) in [5.74, 6) is -0.442. The number of hydrogen-bond donors (Lipinski definition) is 1. The van der Waals surface area contributed by atoms with Crippen molar-refractivity contribution in [3.8, 4) is 5.69 Å². The zero-order valence-electron chi connectivity index (χ0n) is 15.0. The lowest BCUT2D eigenvalue weighted by atomic mass is 10.2. The van der Waals surface area contributed by atoms with Crippen molar-refractivity contribution in [3.63, 3.8) is 0 Å². The minimum absolute atomic E-state index is 0.103. The molecular formula is C19H17F3N3O3P. The minimum Gasteiger partial charge on any atom is -0.321 e. The molecule has 0 fully saturated rings. The van der Waals surface area contributed by atoms with Crippen molar-refractivity contribution in [3.05, 3.63) is 72.3 Å². The van der Waals surface area contributed by atoms with Crippen LogP contribution in [-0.4, -0.2) is 29.0 Å². The lowest BCUT2D eigenvalue weighted by molar-refractivity contribution is -0.137. The van der Waals surface area contributed by atoms with Crippen LogP contribution in [0.15, 0.2) is 61.1 Å². The lowest BCUT2D eigenvalue weighted by Gasteiger charge is -2.10. The number of hydrogen-bond acceptors (Lipinski definition) is 4. The van der Waals surface area contributed by atoms with Crippen molar-refractivity contribution in [1.82, 2.24) is 9.55 Å². The number of nitrogens with one attached hydrogen (secondary N) is 1. The minimum atomic E-state index is -4.45. The van der Waals surface area contributed by atoms with Gasteiger partial charge in [-0.2, -0.15) is 13.2 Å². The van der Waals surface area contributed by atoms with Gasteiger partial charge in [0.05, 0.1) is 5.56 Å². The van der Waals surface area contributed by atoms with E-state index in [1.54, 1.807) is 30.3 Å². The van der Waals surface area contributed by atoms with Gasteiger partial charge in [0.2, 0.25) is 0 Å². The molecule has 6 nitrogen and oxygen atoms in total. The summed E-state index contributed by atoms with van der Waals surface area (Å²) in [6, 6.07) is 12.4. The highest BCUT2D eigenvalue weighted by molar-refractivity contribution is 7.27. The average molecular weight is 423 g/mol. The highest BCUT2D eigenvalue weighted by Gasteiger charge is 2.31. The zero-order valence-corrected chi connectivity index (χ0v) is 16.2. The van der Waals surface area contributed by atoms with Crippen LogP contribution in [0, 0.1) is 0 Å². The number of nitrogens with zero attached hydrogens (tertiary/aromatic N) is 2. The predicted octanol–water partition coefficient (Wildman–Crippen LogP) is 3.27. The Labute approximate surface area is 167 Å². The summed E-state index contributed by atoms with van der Waals surface area (Å²) in [5, 5.41) is 3.05. The van der Waals surface area contributed by atoms with Crippen molar-refractivity contribution in [2.24, 2.45) is 0 Å². The maximum atomic E-state index is 12.9. The average Bonchev–Trinajstić information content (AvgIpc) is 3.21. The first-order chi connectivity index (χ1) is 13.8. The standard InChI is InChI=1S/C17H13F3N3OP.2CH2O/c18-17(19,20)11-6-13(8-14(25)7-11)23-9-15(21-10-23)16(24)22-12-4-2-1-3-5-12;2*1-2/h1-10H,25H2,(H,22,24);2*1H2. The molecule has 0 saturated heterocycles. The second-order valence-electron chi connectivity index (χ2n) is 5.30. The molecule has 0 aliphatic rings. The number of amides is 1. The van der Waals surface area contributed by atoms with Crippen molar-refractivity contribution in [1.29, 1.82) is 0 Å². The fourth-order valence-corrected chi connectivity index (χ4v) is 2.60. The van der Waals surface area contributed by atoms with E-state index in [9.17, 15) is 18.0 Å². The van der Waals surface area contributed by atoms with Gasteiger partial charge in [0, 0.05) is 17.6 Å². The number of rotatable bonds is 3. The molecule has 152 valence electrons. The predicted molar refractivity (Wildman–Crippen MR) is 107 cm³/mol. The SMILES string of the molecule is C=O.C=O.O=C(Nc1ccccc1)c1cn(-c2cc(P)cc(C(F)(F)F)c2)cn1. The highest BCUT2D eigenvalue weighted by atomic mass is 31.0. The fourth-order valence-electron chi connectivity index (χ4n) is 2.25. The van der Waals surface area contributed by atoms with Gasteiger partial charge in [0.25, 0.3) is 5.91 Å². The third-order valence-corrected chi connectivity index (χ3v) is 3.75. The van der Waals surface area contributed by atoms with E-state index in [0.717, 1.165) is 12.1 Å². The third kappa shape index (κ3) is 6.65. The van der Waals surface area contributed by atoms with Crippen molar-refractivity contribution < 1.29 is 27.6 Å². The number of aromatic nitrogens is 2. The molecule has 10 heteroatoms. The number of para-hydroxylation sites is 1.